The van der Waals surface area contributed by atoms with E-state index in [9.17, 15) is 18.0 Å². The van der Waals surface area contributed by atoms with Crippen molar-refractivity contribution in [2.45, 2.75) is 26.1 Å². The first-order valence-electron chi connectivity index (χ1n) is 4.93. The lowest BCUT2D eigenvalue weighted by molar-refractivity contribution is -0.161. The second-order valence-electron chi connectivity index (χ2n) is 3.23. The molecule has 1 unspecified atom stereocenters. The molecule has 96 valence electrons. The van der Waals surface area contributed by atoms with Crippen molar-refractivity contribution in [3.63, 3.8) is 0 Å². The summed E-state index contributed by atoms with van der Waals surface area (Å²) in [4.78, 5) is 11.7. The van der Waals surface area contributed by atoms with Crippen LogP contribution in [0, 0.1) is 0 Å². The van der Waals surface area contributed by atoms with Crippen LogP contribution in [0.4, 0.5) is 13.2 Å². The van der Waals surface area contributed by atoms with Gasteiger partial charge < -0.3 is 9.84 Å². The Kier molecular flexibility index (Phi) is 6.35. The molecule has 1 N–H and O–H groups in total. The minimum Gasteiger partial charge on any atom is -0.479 e. The minimum absolute atomic E-state index is 0.121. The number of hydrogen-bond donors (Lipinski definition) is 1. The molecule has 0 saturated heterocycles. The van der Waals surface area contributed by atoms with Gasteiger partial charge in [-0.3, -0.25) is 4.90 Å². The van der Waals surface area contributed by atoms with E-state index in [0.29, 0.717) is 0 Å². The summed E-state index contributed by atoms with van der Waals surface area (Å²) in [5.41, 5.74) is 0. The van der Waals surface area contributed by atoms with E-state index in [-0.39, 0.29) is 19.7 Å². The van der Waals surface area contributed by atoms with Crippen molar-refractivity contribution in [1.29, 1.82) is 0 Å². The molecule has 0 aromatic heterocycles. The second-order valence-corrected chi connectivity index (χ2v) is 3.23. The van der Waals surface area contributed by atoms with Gasteiger partial charge in [0.15, 0.2) is 6.10 Å². The second kappa shape index (κ2) is 6.70. The molecule has 0 aliphatic carbocycles. The number of alkyl halides is 3. The molecule has 0 bridgehead atoms. The molecule has 0 heterocycles. The summed E-state index contributed by atoms with van der Waals surface area (Å²) < 4.78 is 41.1. The lowest BCUT2D eigenvalue weighted by Crippen LogP contribution is -2.42. The van der Waals surface area contributed by atoms with Gasteiger partial charge in [-0.05, 0) is 13.5 Å². The van der Waals surface area contributed by atoms with E-state index in [1.54, 1.807) is 6.92 Å². The Balaban J connectivity index is 4.32. The van der Waals surface area contributed by atoms with Crippen LogP contribution in [-0.4, -0.2) is 54.5 Å². The minimum atomic E-state index is -4.33. The van der Waals surface area contributed by atoms with E-state index in [0.717, 1.165) is 4.90 Å². The standard InChI is InChI=1S/C9H16F3NO3/c1-3-13(6-9(10,11)12)5-7(8(14)15)16-4-2/h7H,3-6H2,1-2H3,(H,14,15). The molecule has 0 fully saturated rings. The van der Waals surface area contributed by atoms with Crippen molar-refractivity contribution < 1.29 is 27.8 Å². The predicted octanol–water partition coefficient (Wildman–Crippen LogP) is 1.36. The zero-order valence-corrected chi connectivity index (χ0v) is 9.25. The van der Waals surface area contributed by atoms with E-state index >= 15 is 0 Å². The molecule has 0 amide bonds. The Morgan fingerprint density at radius 3 is 2.31 bits per heavy atom. The SMILES string of the molecule is CCOC(CN(CC)CC(F)(F)F)C(=O)O. The number of nitrogens with zero attached hydrogens (tertiary/aromatic N) is 1. The zero-order chi connectivity index (χ0) is 12.8. The van der Waals surface area contributed by atoms with E-state index in [1.165, 1.54) is 6.92 Å². The number of carboxylic acids is 1. The molecule has 0 spiro atoms. The molecule has 0 radical (unpaired) electrons. The maximum absolute atomic E-state index is 12.1. The zero-order valence-electron chi connectivity index (χ0n) is 9.25. The van der Waals surface area contributed by atoms with Gasteiger partial charge in [0.2, 0.25) is 0 Å². The topological polar surface area (TPSA) is 49.8 Å². The molecule has 0 aliphatic rings. The fourth-order valence-corrected chi connectivity index (χ4v) is 1.20. The third-order valence-electron chi connectivity index (χ3n) is 1.92. The van der Waals surface area contributed by atoms with Gasteiger partial charge in [-0.25, -0.2) is 4.79 Å². The molecule has 16 heavy (non-hydrogen) atoms. The fraction of sp³-hybridized carbons (Fsp3) is 0.889. The number of hydrogen-bond acceptors (Lipinski definition) is 3. The van der Waals surface area contributed by atoms with Crippen LogP contribution in [0.2, 0.25) is 0 Å². The lowest BCUT2D eigenvalue weighted by Gasteiger charge is -2.24. The van der Waals surface area contributed by atoms with Crippen molar-refractivity contribution in [3.8, 4) is 0 Å². The summed E-state index contributed by atoms with van der Waals surface area (Å²) in [6.45, 7) is 2.02. The van der Waals surface area contributed by atoms with Crippen LogP contribution >= 0.6 is 0 Å². The van der Waals surface area contributed by atoms with E-state index in [4.69, 9.17) is 9.84 Å². The average molecular weight is 243 g/mol. The highest BCUT2D eigenvalue weighted by Crippen LogP contribution is 2.16. The van der Waals surface area contributed by atoms with Crippen molar-refractivity contribution in [2.24, 2.45) is 0 Å². The Hall–Kier alpha value is -0.820. The Morgan fingerprint density at radius 1 is 1.44 bits per heavy atom. The van der Waals surface area contributed by atoms with Crippen LogP contribution in [0.3, 0.4) is 0 Å². The van der Waals surface area contributed by atoms with Gasteiger partial charge in [0.1, 0.15) is 0 Å². The maximum Gasteiger partial charge on any atom is 0.401 e. The number of carbonyl (C=O) groups is 1. The third-order valence-corrected chi connectivity index (χ3v) is 1.92. The maximum atomic E-state index is 12.1. The van der Waals surface area contributed by atoms with Crippen molar-refractivity contribution in [2.75, 3.05) is 26.2 Å². The Morgan fingerprint density at radius 2 is 2.00 bits per heavy atom. The first-order chi connectivity index (χ1) is 7.30. The highest BCUT2D eigenvalue weighted by atomic mass is 19.4. The smallest absolute Gasteiger partial charge is 0.401 e. The van der Waals surface area contributed by atoms with Gasteiger partial charge in [0.05, 0.1) is 6.54 Å². The van der Waals surface area contributed by atoms with Crippen LogP contribution in [0.1, 0.15) is 13.8 Å². The van der Waals surface area contributed by atoms with Crippen LogP contribution in [-0.2, 0) is 9.53 Å². The number of carboxylic acid groups (broad SMARTS) is 1. The fourth-order valence-electron chi connectivity index (χ4n) is 1.20. The largest absolute Gasteiger partial charge is 0.479 e. The van der Waals surface area contributed by atoms with Crippen molar-refractivity contribution in [1.82, 2.24) is 4.90 Å². The average Bonchev–Trinajstić information content (AvgIpc) is 2.13. The monoisotopic (exact) mass is 243 g/mol. The van der Waals surface area contributed by atoms with Crippen molar-refractivity contribution >= 4 is 5.97 Å². The van der Waals surface area contributed by atoms with Gasteiger partial charge >= 0.3 is 12.1 Å². The quantitative estimate of drug-likeness (QED) is 0.733. The summed E-state index contributed by atoms with van der Waals surface area (Å²) in [6, 6.07) is 0. The molecule has 4 nitrogen and oxygen atoms in total. The number of likely N-dealkylation sites (N-methyl/N-ethyl adjacent to an activating group) is 1. The molecular formula is C9H16F3NO3. The number of rotatable bonds is 7. The van der Waals surface area contributed by atoms with Gasteiger partial charge in [-0.1, -0.05) is 6.92 Å². The molecule has 0 aromatic rings. The van der Waals surface area contributed by atoms with Crippen LogP contribution in [0.5, 0.6) is 0 Å². The Labute approximate surface area is 92.0 Å². The van der Waals surface area contributed by atoms with Crippen molar-refractivity contribution in [3.05, 3.63) is 0 Å². The lowest BCUT2D eigenvalue weighted by atomic mass is 10.3. The molecule has 0 aromatic carbocycles. The Bertz CT molecular complexity index is 221. The summed E-state index contributed by atoms with van der Waals surface area (Å²) in [6.07, 6.45) is -5.54. The normalized spacial score (nSPS) is 14.1. The van der Waals surface area contributed by atoms with Crippen LogP contribution in [0.15, 0.2) is 0 Å². The number of aliphatic carboxylic acids is 1. The van der Waals surface area contributed by atoms with Crippen LogP contribution in [0.25, 0.3) is 0 Å². The van der Waals surface area contributed by atoms with Gasteiger partial charge in [0, 0.05) is 13.2 Å². The number of halogens is 3. The molecule has 0 saturated carbocycles. The summed E-state index contributed by atoms with van der Waals surface area (Å²) in [5.74, 6) is -1.25. The molecule has 0 rings (SSSR count). The summed E-state index contributed by atoms with van der Waals surface area (Å²) in [7, 11) is 0. The summed E-state index contributed by atoms with van der Waals surface area (Å²) in [5, 5.41) is 8.71. The highest BCUT2D eigenvalue weighted by Gasteiger charge is 2.32. The molecule has 7 heteroatoms. The van der Waals surface area contributed by atoms with Crippen LogP contribution < -0.4 is 0 Å². The van der Waals surface area contributed by atoms with E-state index in [2.05, 4.69) is 0 Å². The van der Waals surface area contributed by atoms with Gasteiger partial charge in [0.25, 0.3) is 0 Å². The molecular weight excluding hydrogens is 227 g/mol. The van der Waals surface area contributed by atoms with Gasteiger partial charge in [-0.2, -0.15) is 13.2 Å². The third kappa shape index (κ3) is 6.62. The van der Waals surface area contributed by atoms with E-state index in [1.807, 2.05) is 0 Å². The molecule has 1 atom stereocenters. The summed E-state index contributed by atoms with van der Waals surface area (Å²) >= 11 is 0. The number of ether oxygens (including phenoxy) is 1. The van der Waals surface area contributed by atoms with Gasteiger partial charge in [-0.15, -0.1) is 0 Å². The molecule has 0 aliphatic heterocycles. The predicted molar refractivity (Wildman–Crippen MR) is 51.2 cm³/mol. The highest BCUT2D eigenvalue weighted by molar-refractivity contribution is 5.72. The first kappa shape index (κ1) is 15.2. The first-order valence-corrected chi connectivity index (χ1v) is 4.93. The van der Waals surface area contributed by atoms with E-state index < -0.39 is 24.8 Å².